The van der Waals surface area contributed by atoms with Gasteiger partial charge in [-0.15, -0.1) is 0 Å². The number of hydrogen-bond donors (Lipinski definition) is 2. The van der Waals surface area contributed by atoms with Gasteiger partial charge in [-0.05, 0) is 50.2 Å². The van der Waals surface area contributed by atoms with Gasteiger partial charge in [-0.1, -0.05) is 12.1 Å². The normalized spacial score (nSPS) is 12.7. The minimum absolute atomic E-state index is 0.108. The maximum absolute atomic E-state index is 14.2. The van der Waals surface area contributed by atoms with Crippen molar-refractivity contribution in [1.82, 2.24) is 9.97 Å². The molecule has 0 amide bonds. The lowest BCUT2D eigenvalue weighted by Gasteiger charge is -2.24. The number of aliphatic imine (C=N–C) groups is 1. The molecule has 0 spiro atoms. The highest BCUT2D eigenvalue weighted by Crippen LogP contribution is 2.31. The number of benzene rings is 1. The molecule has 0 atom stereocenters. The molecule has 32 heavy (non-hydrogen) atoms. The largest absolute Gasteiger partial charge is 0.449 e. The molecule has 10 heteroatoms. The molecule has 2 aromatic heterocycles. The van der Waals surface area contributed by atoms with Gasteiger partial charge in [0.2, 0.25) is 5.84 Å². The van der Waals surface area contributed by atoms with Crippen LogP contribution in [0.1, 0.15) is 30.9 Å². The lowest BCUT2D eigenvalue weighted by atomic mass is 9.84. The zero-order valence-electron chi connectivity index (χ0n) is 17.0. The van der Waals surface area contributed by atoms with Gasteiger partial charge in [0, 0.05) is 17.0 Å². The number of amidine groups is 2. The van der Waals surface area contributed by atoms with Crippen molar-refractivity contribution in [1.29, 1.82) is 5.41 Å². The van der Waals surface area contributed by atoms with E-state index in [1.54, 1.807) is 38.1 Å². The Morgan fingerprint density at radius 1 is 0.938 bits per heavy atom. The predicted octanol–water partition coefficient (Wildman–Crippen LogP) is 4.99. The van der Waals surface area contributed by atoms with Crippen LogP contribution in [0.2, 0.25) is 0 Å². The SMILES string of the molecule is CC(C)(c1cccc(C(=N)N=C(N)C(F)(F)F)n1)c1cccc(-c2ccc(F)cc2F)n1. The molecule has 3 aromatic rings. The average molecular weight is 447 g/mol. The van der Waals surface area contributed by atoms with Crippen LogP contribution in [0, 0.1) is 17.0 Å². The Kier molecular flexibility index (Phi) is 6.07. The second-order valence-corrected chi connectivity index (χ2v) is 7.41. The van der Waals surface area contributed by atoms with E-state index in [1.165, 1.54) is 18.2 Å². The van der Waals surface area contributed by atoms with Gasteiger partial charge in [0.25, 0.3) is 0 Å². The number of nitrogens with zero attached hydrogens (tertiary/aromatic N) is 3. The molecular weight excluding hydrogens is 429 g/mol. The van der Waals surface area contributed by atoms with Crippen molar-refractivity contribution in [3.63, 3.8) is 0 Å². The number of pyridine rings is 2. The Labute approximate surface area is 180 Å². The summed E-state index contributed by atoms with van der Waals surface area (Å²) in [5, 5.41) is 7.82. The summed E-state index contributed by atoms with van der Waals surface area (Å²) >= 11 is 0. The molecule has 2 heterocycles. The Morgan fingerprint density at radius 3 is 2.19 bits per heavy atom. The predicted molar refractivity (Wildman–Crippen MR) is 110 cm³/mol. The van der Waals surface area contributed by atoms with Crippen molar-refractivity contribution in [3.05, 3.63) is 83.3 Å². The third-order valence-corrected chi connectivity index (χ3v) is 4.75. The molecule has 166 valence electrons. The van der Waals surface area contributed by atoms with E-state index in [0.29, 0.717) is 11.4 Å². The summed E-state index contributed by atoms with van der Waals surface area (Å²) in [4.78, 5) is 11.8. The lowest BCUT2D eigenvalue weighted by molar-refractivity contribution is -0.0597. The molecule has 0 saturated heterocycles. The van der Waals surface area contributed by atoms with E-state index < -0.39 is 34.9 Å². The first-order valence-corrected chi connectivity index (χ1v) is 9.30. The van der Waals surface area contributed by atoms with Crippen molar-refractivity contribution in [3.8, 4) is 11.3 Å². The molecule has 0 bridgehead atoms. The highest BCUT2D eigenvalue weighted by Gasteiger charge is 2.34. The number of halogens is 5. The molecule has 0 aliphatic carbocycles. The van der Waals surface area contributed by atoms with Crippen molar-refractivity contribution >= 4 is 11.7 Å². The van der Waals surface area contributed by atoms with Gasteiger partial charge in [-0.3, -0.25) is 10.4 Å². The number of nitrogens with one attached hydrogen (secondary N) is 1. The third kappa shape index (κ3) is 4.79. The summed E-state index contributed by atoms with van der Waals surface area (Å²) in [7, 11) is 0. The van der Waals surface area contributed by atoms with Gasteiger partial charge in [0.05, 0.1) is 17.1 Å². The molecule has 0 fully saturated rings. The van der Waals surface area contributed by atoms with Gasteiger partial charge in [-0.2, -0.15) is 13.2 Å². The number of alkyl halides is 3. The summed E-state index contributed by atoms with van der Waals surface area (Å²) in [5.74, 6) is -3.86. The van der Waals surface area contributed by atoms with Crippen LogP contribution in [0.5, 0.6) is 0 Å². The fourth-order valence-electron chi connectivity index (χ4n) is 2.92. The lowest BCUT2D eigenvalue weighted by Crippen LogP contribution is -2.32. The smallest absolute Gasteiger partial charge is 0.380 e. The van der Waals surface area contributed by atoms with E-state index in [2.05, 4.69) is 15.0 Å². The number of hydrogen-bond acceptors (Lipinski definition) is 3. The van der Waals surface area contributed by atoms with Crippen LogP contribution < -0.4 is 5.73 Å². The monoisotopic (exact) mass is 447 g/mol. The number of nitrogens with two attached hydrogens (primary N) is 1. The van der Waals surface area contributed by atoms with Crippen LogP contribution in [0.15, 0.2) is 59.6 Å². The van der Waals surface area contributed by atoms with E-state index >= 15 is 0 Å². The molecule has 0 aliphatic rings. The fourth-order valence-corrected chi connectivity index (χ4v) is 2.92. The van der Waals surface area contributed by atoms with Gasteiger partial charge in [-0.25, -0.2) is 18.8 Å². The van der Waals surface area contributed by atoms with Crippen molar-refractivity contribution in [2.75, 3.05) is 0 Å². The van der Waals surface area contributed by atoms with E-state index in [4.69, 9.17) is 11.1 Å². The van der Waals surface area contributed by atoms with Crippen LogP contribution in [0.25, 0.3) is 11.3 Å². The zero-order chi connectivity index (χ0) is 23.7. The van der Waals surface area contributed by atoms with Crippen LogP contribution in [0.3, 0.4) is 0 Å². The van der Waals surface area contributed by atoms with E-state index in [1.807, 2.05) is 0 Å². The summed E-state index contributed by atoms with van der Waals surface area (Å²) in [6.07, 6.45) is -4.86. The first kappa shape index (κ1) is 23.0. The molecule has 3 N–H and O–H groups in total. The van der Waals surface area contributed by atoms with Crippen LogP contribution >= 0.6 is 0 Å². The van der Waals surface area contributed by atoms with Gasteiger partial charge in [0.1, 0.15) is 17.3 Å². The topological polar surface area (TPSA) is 88.0 Å². The van der Waals surface area contributed by atoms with E-state index in [-0.39, 0.29) is 17.0 Å². The zero-order valence-corrected chi connectivity index (χ0v) is 17.0. The standard InChI is InChI=1S/C22H18F5N5/c1-21(2,17-7-3-5-15(30-17)13-10-9-12(23)11-14(13)24)18-8-4-6-16(31-18)19(28)32-20(29)22(25,26)27/h3-11H,1-2H3,(H3,28,29,32). The molecule has 0 radical (unpaired) electrons. The quantitative estimate of drug-likeness (QED) is 0.335. The molecule has 5 nitrogen and oxygen atoms in total. The van der Waals surface area contributed by atoms with Crippen LogP contribution in [0.4, 0.5) is 22.0 Å². The first-order valence-electron chi connectivity index (χ1n) is 9.30. The van der Waals surface area contributed by atoms with Crippen molar-refractivity contribution in [2.45, 2.75) is 25.4 Å². The molecule has 0 unspecified atom stereocenters. The minimum atomic E-state index is -4.86. The highest BCUT2D eigenvalue weighted by atomic mass is 19.4. The van der Waals surface area contributed by atoms with Gasteiger partial charge < -0.3 is 5.73 Å². The summed E-state index contributed by atoms with van der Waals surface area (Å²) in [6.45, 7) is 3.53. The number of aromatic nitrogens is 2. The molecule has 0 saturated carbocycles. The van der Waals surface area contributed by atoms with E-state index in [0.717, 1.165) is 12.1 Å². The van der Waals surface area contributed by atoms with Gasteiger partial charge in [0.15, 0.2) is 5.84 Å². The molecule has 1 aromatic carbocycles. The molecular formula is C22H18F5N5. The third-order valence-electron chi connectivity index (χ3n) is 4.75. The average Bonchev–Trinajstić information content (AvgIpc) is 2.73. The Bertz CT molecular complexity index is 1200. The second-order valence-electron chi connectivity index (χ2n) is 7.41. The minimum Gasteiger partial charge on any atom is -0.380 e. The van der Waals surface area contributed by atoms with Gasteiger partial charge >= 0.3 is 6.18 Å². The summed E-state index contributed by atoms with van der Waals surface area (Å²) in [5.41, 5.74) is 5.17. The highest BCUT2D eigenvalue weighted by molar-refractivity contribution is 6.04. The second kappa shape index (κ2) is 8.45. The van der Waals surface area contributed by atoms with Crippen LogP contribution in [-0.2, 0) is 5.41 Å². The maximum atomic E-state index is 14.2. The molecule has 3 rings (SSSR count). The maximum Gasteiger partial charge on any atom is 0.449 e. The van der Waals surface area contributed by atoms with E-state index in [9.17, 15) is 22.0 Å². The Morgan fingerprint density at radius 2 is 1.56 bits per heavy atom. The summed E-state index contributed by atoms with van der Waals surface area (Å²) in [6, 6.07) is 12.6. The van der Waals surface area contributed by atoms with Crippen LogP contribution in [-0.4, -0.2) is 27.8 Å². The van der Waals surface area contributed by atoms with Crippen molar-refractivity contribution < 1.29 is 22.0 Å². The Hall–Kier alpha value is -3.69. The summed E-state index contributed by atoms with van der Waals surface area (Å²) < 4.78 is 65.3. The molecule has 0 aliphatic heterocycles. The fraction of sp³-hybridized carbons (Fsp3) is 0.182. The Balaban J connectivity index is 1.99. The number of rotatable bonds is 4. The van der Waals surface area contributed by atoms with Crippen molar-refractivity contribution in [2.24, 2.45) is 10.7 Å². The first-order chi connectivity index (χ1) is 14.9.